The maximum absolute atomic E-state index is 11.1. The minimum Gasteiger partial charge on any atom is -0.308 e. The minimum atomic E-state index is -0.315. The highest BCUT2D eigenvalue weighted by atomic mass is 35.5. The van der Waals surface area contributed by atoms with E-state index in [1.54, 1.807) is 12.1 Å². The number of aromatic nitrogens is 1. The molecule has 0 aliphatic carbocycles. The van der Waals surface area contributed by atoms with Crippen LogP contribution in [0.3, 0.4) is 0 Å². The number of carbonyl (C=O) groups is 1. The smallest absolute Gasteiger partial charge is 0.240 e. The Balaban J connectivity index is 2.51. The molecular formula is C9H5Cl3N2OS. The van der Waals surface area contributed by atoms with E-state index in [9.17, 15) is 4.79 Å². The highest BCUT2D eigenvalue weighted by Gasteiger charge is 2.12. The fourth-order valence-electron chi connectivity index (χ4n) is 1.23. The van der Waals surface area contributed by atoms with Crippen molar-refractivity contribution in [2.75, 3.05) is 11.2 Å². The van der Waals surface area contributed by atoms with E-state index >= 15 is 0 Å². The van der Waals surface area contributed by atoms with Gasteiger partial charge in [-0.05, 0) is 23.7 Å². The predicted octanol–water partition coefficient (Wildman–Crippen LogP) is 3.78. The molecule has 0 radical (unpaired) electrons. The Bertz CT molecular complexity index is 555. The molecule has 0 bridgehead atoms. The molecule has 16 heavy (non-hydrogen) atoms. The van der Waals surface area contributed by atoms with Gasteiger partial charge in [0.1, 0.15) is 5.88 Å². The summed E-state index contributed by atoms with van der Waals surface area (Å²) in [6, 6.07) is 3.34. The van der Waals surface area contributed by atoms with Crippen molar-refractivity contribution in [1.29, 1.82) is 0 Å². The Hall–Kier alpha value is -0.550. The number of fused-ring (bicyclic) bond motifs is 1. The summed E-state index contributed by atoms with van der Waals surface area (Å²) in [6.07, 6.45) is 0. The maximum Gasteiger partial charge on any atom is 0.240 e. The molecule has 1 aromatic carbocycles. The first-order valence-electron chi connectivity index (χ1n) is 4.22. The first kappa shape index (κ1) is 11.9. The molecule has 0 unspecified atom stereocenters. The van der Waals surface area contributed by atoms with Gasteiger partial charge in [0.05, 0.1) is 9.72 Å². The van der Waals surface area contributed by atoms with E-state index in [-0.39, 0.29) is 11.8 Å². The number of rotatable bonds is 2. The first-order valence-corrected chi connectivity index (χ1v) is 6.28. The molecule has 0 aliphatic rings. The summed E-state index contributed by atoms with van der Waals surface area (Å²) >= 11 is 18.5. The molecule has 84 valence electrons. The summed E-state index contributed by atoms with van der Waals surface area (Å²) in [5.41, 5.74) is 0. The third kappa shape index (κ3) is 2.25. The second-order valence-electron chi connectivity index (χ2n) is 2.98. The van der Waals surface area contributed by atoms with E-state index in [0.717, 1.165) is 10.1 Å². The number of nitrogens with zero attached hydrogens (tertiary/aromatic N) is 1. The second-order valence-corrected chi connectivity index (χ2v) is 4.86. The fourth-order valence-corrected chi connectivity index (χ4v) is 2.62. The molecule has 0 saturated carbocycles. The van der Waals surface area contributed by atoms with Crippen molar-refractivity contribution >= 4 is 68.1 Å². The summed E-state index contributed by atoms with van der Waals surface area (Å²) < 4.78 is 4.88. The molecule has 0 spiro atoms. The van der Waals surface area contributed by atoms with Crippen molar-refractivity contribution in [2.24, 2.45) is 0 Å². The van der Waals surface area contributed by atoms with Gasteiger partial charge < -0.3 is 5.32 Å². The van der Waals surface area contributed by atoms with Crippen LogP contribution in [-0.4, -0.2) is 16.2 Å². The molecule has 0 fully saturated rings. The number of halogens is 3. The SMILES string of the molecule is O=C(CCl)Nc1nsc2c(Cl)cc(Cl)cc12. The number of amides is 1. The fraction of sp³-hybridized carbons (Fsp3) is 0.111. The van der Waals surface area contributed by atoms with Gasteiger partial charge in [-0.3, -0.25) is 4.79 Å². The lowest BCUT2D eigenvalue weighted by Crippen LogP contribution is -2.12. The molecule has 2 rings (SSSR count). The lowest BCUT2D eigenvalue weighted by Gasteiger charge is -2.00. The van der Waals surface area contributed by atoms with Crippen LogP contribution in [-0.2, 0) is 4.79 Å². The van der Waals surface area contributed by atoms with Crippen LogP contribution < -0.4 is 5.32 Å². The van der Waals surface area contributed by atoms with E-state index in [0.29, 0.717) is 15.9 Å². The van der Waals surface area contributed by atoms with E-state index in [2.05, 4.69) is 9.69 Å². The van der Waals surface area contributed by atoms with E-state index < -0.39 is 0 Å². The van der Waals surface area contributed by atoms with Crippen molar-refractivity contribution in [3.63, 3.8) is 0 Å². The molecule has 1 aromatic heterocycles. The molecular weight excluding hydrogens is 291 g/mol. The van der Waals surface area contributed by atoms with Crippen molar-refractivity contribution in [2.45, 2.75) is 0 Å². The number of hydrogen-bond acceptors (Lipinski definition) is 3. The Morgan fingerprint density at radius 1 is 1.44 bits per heavy atom. The molecule has 1 amide bonds. The summed E-state index contributed by atoms with van der Waals surface area (Å²) in [5, 5.41) is 4.32. The van der Waals surface area contributed by atoms with Gasteiger partial charge in [0, 0.05) is 10.4 Å². The van der Waals surface area contributed by atoms with E-state index in [1.807, 2.05) is 0 Å². The largest absolute Gasteiger partial charge is 0.308 e. The quantitative estimate of drug-likeness (QED) is 0.857. The zero-order chi connectivity index (χ0) is 11.7. The molecule has 1 N–H and O–H groups in total. The van der Waals surface area contributed by atoms with Gasteiger partial charge in [-0.2, -0.15) is 4.37 Å². The van der Waals surface area contributed by atoms with Crippen LogP contribution in [0.4, 0.5) is 5.82 Å². The van der Waals surface area contributed by atoms with Gasteiger partial charge >= 0.3 is 0 Å². The van der Waals surface area contributed by atoms with Crippen molar-refractivity contribution in [3.05, 3.63) is 22.2 Å². The van der Waals surface area contributed by atoms with Crippen LogP contribution in [0.15, 0.2) is 12.1 Å². The number of benzene rings is 1. The summed E-state index contributed by atoms with van der Waals surface area (Å²) in [5.74, 6) is 0.00727. The topological polar surface area (TPSA) is 42.0 Å². The Kier molecular flexibility index (Phi) is 3.54. The number of nitrogens with one attached hydrogen (secondary N) is 1. The third-order valence-electron chi connectivity index (χ3n) is 1.87. The minimum absolute atomic E-state index is 0.118. The third-order valence-corrected chi connectivity index (χ3v) is 3.64. The Labute approximate surface area is 110 Å². The lowest BCUT2D eigenvalue weighted by molar-refractivity contribution is -0.113. The van der Waals surface area contributed by atoms with E-state index in [1.165, 1.54) is 11.5 Å². The average molecular weight is 296 g/mol. The molecule has 0 aliphatic heterocycles. The number of carbonyl (C=O) groups excluding carboxylic acids is 1. The van der Waals surface area contributed by atoms with Crippen LogP contribution in [0.1, 0.15) is 0 Å². The molecule has 7 heteroatoms. The van der Waals surface area contributed by atoms with Gasteiger partial charge in [-0.15, -0.1) is 11.6 Å². The van der Waals surface area contributed by atoms with Crippen molar-refractivity contribution < 1.29 is 4.79 Å². The van der Waals surface area contributed by atoms with Gasteiger partial charge in [0.2, 0.25) is 5.91 Å². The highest BCUT2D eigenvalue weighted by Crippen LogP contribution is 2.35. The Morgan fingerprint density at radius 3 is 2.88 bits per heavy atom. The van der Waals surface area contributed by atoms with Gasteiger partial charge in [-0.1, -0.05) is 23.2 Å². The van der Waals surface area contributed by atoms with Gasteiger partial charge in [0.15, 0.2) is 5.82 Å². The Morgan fingerprint density at radius 2 is 2.19 bits per heavy atom. The number of hydrogen-bond donors (Lipinski definition) is 1. The number of alkyl halides is 1. The van der Waals surface area contributed by atoms with Crippen LogP contribution >= 0.6 is 46.3 Å². The zero-order valence-electron chi connectivity index (χ0n) is 7.76. The summed E-state index contributed by atoms with van der Waals surface area (Å²) in [4.78, 5) is 11.1. The van der Waals surface area contributed by atoms with Crippen molar-refractivity contribution in [3.8, 4) is 0 Å². The van der Waals surface area contributed by atoms with Crippen LogP contribution in [0.25, 0.3) is 10.1 Å². The summed E-state index contributed by atoms with van der Waals surface area (Å²) in [7, 11) is 0. The van der Waals surface area contributed by atoms with Crippen molar-refractivity contribution in [1.82, 2.24) is 4.37 Å². The second kappa shape index (κ2) is 4.75. The van der Waals surface area contributed by atoms with E-state index in [4.69, 9.17) is 34.8 Å². The van der Waals surface area contributed by atoms with Gasteiger partial charge in [-0.25, -0.2) is 0 Å². The normalized spacial score (nSPS) is 10.7. The molecule has 2 aromatic rings. The van der Waals surface area contributed by atoms with Crippen LogP contribution in [0, 0.1) is 0 Å². The molecule has 3 nitrogen and oxygen atoms in total. The average Bonchev–Trinajstić information content (AvgIpc) is 2.61. The predicted molar refractivity (Wildman–Crippen MR) is 69.0 cm³/mol. The lowest BCUT2D eigenvalue weighted by atomic mass is 10.2. The monoisotopic (exact) mass is 294 g/mol. The molecule has 0 atom stereocenters. The zero-order valence-corrected chi connectivity index (χ0v) is 10.8. The maximum atomic E-state index is 11.1. The standard InChI is InChI=1S/C9H5Cl3N2OS/c10-3-7(15)13-9-5-1-4(11)2-6(12)8(5)16-14-9/h1-2H,3H2,(H,13,14,15). The molecule has 1 heterocycles. The first-order chi connectivity index (χ1) is 7.61. The highest BCUT2D eigenvalue weighted by molar-refractivity contribution is 7.14. The number of anilines is 1. The van der Waals surface area contributed by atoms with Crippen LogP contribution in [0.2, 0.25) is 10.0 Å². The molecule has 0 saturated heterocycles. The van der Waals surface area contributed by atoms with Crippen LogP contribution in [0.5, 0.6) is 0 Å². The van der Waals surface area contributed by atoms with Gasteiger partial charge in [0.25, 0.3) is 0 Å². The summed E-state index contributed by atoms with van der Waals surface area (Å²) in [6.45, 7) is 0.